The van der Waals surface area contributed by atoms with Crippen molar-refractivity contribution in [1.29, 1.82) is 0 Å². The minimum Gasteiger partial charge on any atom is -0.369 e. The van der Waals surface area contributed by atoms with Gasteiger partial charge in [-0.05, 0) is 37.3 Å². The van der Waals surface area contributed by atoms with Crippen molar-refractivity contribution >= 4 is 17.1 Å². The maximum absolute atomic E-state index is 5.97. The van der Waals surface area contributed by atoms with Crippen molar-refractivity contribution < 1.29 is 0 Å². The van der Waals surface area contributed by atoms with Crippen LogP contribution in [0.25, 0.3) is 11.2 Å². The predicted octanol–water partition coefficient (Wildman–Crippen LogP) is 2.51. The number of imidazole rings is 1. The average Bonchev–Trinajstić information content (AvgIpc) is 3.06. The Hall–Kier alpha value is -1.58. The summed E-state index contributed by atoms with van der Waals surface area (Å²) in [5.74, 6) is 1.57. The van der Waals surface area contributed by atoms with Crippen LogP contribution < -0.4 is 5.73 Å². The molecule has 1 aliphatic rings. The fourth-order valence-corrected chi connectivity index (χ4v) is 2.32. The van der Waals surface area contributed by atoms with Crippen LogP contribution in [-0.4, -0.2) is 14.5 Å². The minimum absolute atomic E-state index is 0.595. The summed E-state index contributed by atoms with van der Waals surface area (Å²) in [6.07, 6.45) is 7.14. The number of rotatable bonds is 4. The van der Waals surface area contributed by atoms with Crippen LogP contribution in [-0.2, 0) is 6.54 Å². The molecule has 1 aliphatic carbocycles. The molecule has 0 bridgehead atoms. The first-order valence-corrected chi connectivity index (χ1v) is 6.33. The largest absolute Gasteiger partial charge is 0.369 e. The standard InChI is InChI=1S/C13H18N4/c1-9-6-7-15-12-11(9)16-13(14)17(12)8-2-3-10-4-5-10/h6-7,10H,2-5,8H2,1H3,(H2,14,16). The van der Waals surface area contributed by atoms with Gasteiger partial charge in [0.05, 0.1) is 0 Å². The van der Waals surface area contributed by atoms with Crippen LogP contribution >= 0.6 is 0 Å². The molecule has 0 amide bonds. The van der Waals surface area contributed by atoms with Crippen LogP contribution in [0.5, 0.6) is 0 Å². The van der Waals surface area contributed by atoms with Gasteiger partial charge in [-0.1, -0.05) is 12.8 Å². The second-order valence-electron chi connectivity index (χ2n) is 5.01. The molecule has 0 spiro atoms. The molecule has 1 fully saturated rings. The topological polar surface area (TPSA) is 56.7 Å². The van der Waals surface area contributed by atoms with Crippen molar-refractivity contribution in [1.82, 2.24) is 14.5 Å². The van der Waals surface area contributed by atoms with Gasteiger partial charge in [-0.3, -0.25) is 4.57 Å². The van der Waals surface area contributed by atoms with Crippen molar-refractivity contribution in [2.24, 2.45) is 5.92 Å². The smallest absolute Gasteiger partial charge is 0.202 e. The highest BCUT2D eigenvalue weighted by atomic mass is 15.2. The van der Waals surface area contributed by atoms with E-state index in [1.807, 2.05) is 23.8 Å². The zero-order valence-corrected chi connectivity index (χ0v) is 10.2. The molecule has 3 rings (SSSR count). The molecule has 0 radical (unpaired) electrons. The Morgan fingerprint density at radius 3 is 3.06 bits per heavy atom. The Balaban J connectivity index is 1.86. The van der Waals surface area contributed by atoms with Gasteiger partial charge in [-0.2, -0.15) is 0 Å². The second-order valence-corrected chi connectivity index (χ2v) is 5.01. The molecular formula is C13H18N4. The van der Waals surface area contributed by atoms with Crippen LogP contribution in [0.3, 0.4) is 0 Å². The first-order chi connectivity index (χ1) is 8.25. The number of pyridine rings is 1. The number of hydrogen-bond acceptors (Lipinski definition) is 3. The van der Waals surface area contributed by atoms with E-state index < -0.39 is 0 Å². The summed E-state index contributed by atoms with van der Waals surface area (Å²) in [4.78, 5) is 8.80. The lowest BCUT2D eigenvalue weighted by molar-refractivity contribution is 0.588. The average molecular weight is 230 g/mol. The third-order valence-corrected chi connectivity index (χ3v) is 3.56. The van der Waals surface area contributed by atoms with E-state index in [0.717, 1.165) is 29.2 Å². The van der Waals surface area contributed by atoms with Crippen molar-refractivity contribution in [3.8, 4) is 0 Å². The molecule has 2 aromatic rings. The molecule has 2 N–H and O–H groups in total. The van der Waals surface area contributed by atoms with Gasteiger partial charge < -0.3 is 5.73 Å². The number of fused-ring (bicyclic) bond motifs is 1. The summed E-state index contributed by atoms with van der Waals surface area (Å²) in [7, 11) is 0. The lowest BCUT2D eigenvalue weighted by Crippen LogP contribution is -2.04. The first-order valence-electron chi connectivity index (χ1n) is 6.33. The van der Waals surface area contributed by atoms with Crippen LogP contribution in [0, 0.1) is 12.8 Å². The second kappa shape index (κ2) is 4.02. The molecule has 0 atom stereocenters. The molecule has 4 nitrogen and oxygen atoms in total. The molecule has 0 saturated heterocycles. The third kappa shape index (κ3) is 1.99. The number of nitrogens with two attached hydrogens (primary N) is 1. The van der Waals surface area contributed by atoms with E-state index >= 15 is 0 Å². The van der Waals surface area contributed by atoms with Gasteiger partial charge in [0.15, 0.2) is 5.65 Å². The monoisotopic (exact) mass is 230 g/mol. The number of aromatic nitrogens is 3. The van der Waals surface area contributed by atoms with E-state index in [1.54, 1.807) is 0 Å². The molecule has 0 unspecified atom stereocenters. The Morgan fingerprint density at radius 1 is 1.47 bits per heavy atom. The van der Waals surface area contributed by atoms with Crippen molar-refractivity contribution in [3.05, 3.63) is 17.8 Å². The Bertz CT molecular complexity index is 540. The maximum atomic E-state index is 5.97. The van der Waals surface area contributed by atoms with E-state index in [-0.39, 0.29) is 0 Å². The van der Waals surface area contributed by atoms with Crippen LogP contribution in [0.1, 0.15) is 31.2 Å². The molecule has 2 aromatic heterocycles. The summed E-state index contributed by atoms with van der Waals surface area (Å²) in [6.45, 7) is 2.99. The van der Waals surface area contributed by atoms with E-state index in [9.17, 15) is 0 Å². The fraction of sp³-hybridized carbons (Fsp3) is 0.538. The lowest BCUT2D eigenvalue weighted by Gasteiger charge is -2.05. The number of nitrogen functional groups attached to an aromatic ring is 1. The van der Waals surface area contributed by atoms with E-state index in [2.05, 4.69) is 9.97 Å². The minimum atomic E-state index is 0.595. The van der Waals surface area contributed by atoms with E-state index in [1.165, 1.54) is 25.7 Å². The SMILES string of the molecule is Cc1ccnc2c1nc(N)n2CCCC1CC1. The zero-order valence-electron chi connectivity index (χ0n) is 10.2. The molecule has 2 heterocycles. The maximum Gasteiger partial charge on any atom is 0.202 e. The van der Waals surface area contributed by atoms with Gasteiger partial charge in [-0.15, -0.1) is 0 Å². The first kappa shape index (κ1) is 10.6. The number of nitrogens with zero attached hydrogens (tertiary/aromatic N) is 3. The van der Waals surface area contributed by atoms with Crippen LogP contribution in [0.15, 0.2) is 12.3 Å². The molecule has 0 aliphatic heterocycles. The molecule has 1 saturated carbocycles. The summed E-state index contributed by atoms with van der Waals surface area (Å²) in [5, 5.41) is 0. The summed E-state index contributed by atoms with van der Waals surface area (Å²) in [6, 6.07) is 1.98. The molecule has 90 valence electrons. The summed E-state index contributed by atoms with van der Waals surface area (Å²) >= 11 is 0. The predicted molar refractivity (Wildman–Crippen MR) is 68.6 cm³/mol. The summed E-state index contributed by atoms with van der Waals surface area (Å²) < 4.78 is 2.05. The van der Waals surface area contributed by atoms with Crippen LogP contribution in [0.4, 0.5) is 5.95 Å². The van der Waals surface area contributed by atoms with Gasteiger partial charge in [0.2, 0.25) is 5.95 Å². The van der Waals surface area contributed by atoms with Crippen LogP contribution in [0.2, 0.25) is 0 Å². The Morgan fingerprint density at radius 2 is 2.29 bits per heavy atom. The van der Waals surface area contributed by atoms with Crippen molar-refractivity contribution in [3.63, 3.8) is 0 Å². The number of anilines is 1. The molecule has 4 heteroatoms. The van der Waals surface area contributed by atoms with Gasteiger partial charge in [0, 0.05) is 12.7 Å². The third-order valence-electron chi connectivity index (χ3n) is 3.56. The van der Waals surface area contributed by atoms with Gasteiger partial charge in [0.1, 0.15) is 5.52 Å². The lowest BCUT2D eigenvalue weighted by atomic mass is 10.2. The molecular weight excluding hydrogens is 212 g/mol. The number of aryl methyl sites for hydroxylation is 2. The van der Waals surface area contributed by atoms with E-state index in [4.69, 9.17) is 5.73 Å². The number of hydrogen-bond donors (Lipinski definition) is 1. The van der Waals surface area contributed by atoms with Gasteiger partial charge in [0.25, 0.3) is 0 Å². The Kier molecular flexibility index (Phi) is 2.50. The Labute approximate surface area is 101 Å². The molecule has 17 heavy (non-hydrogen) atoms. The summed E-state index contributed by atoms with van der Waals surface area (Å²) in [5.41, 5.74) is 8.98. The van der Waals surface area contributed by atoms with E-state index in [0.29, 0.717) is 5.95 Å². The highest BCUT2D eigenvalue weighted by molar-refractivity contribution is 5.77. The molecule has 0 aromatic carbocycles. The highest BCUT2D eigenvalue weighted by Gasteiger charge is 2.20. The van der Waals surface area contributed by atoms with Crippen molar-refractivity contribution in [2.45, 2.75) is 39.2 Å². The van der Waals surface area contributed by atoms with Gasteiger partial charge in [-0.25, -0.2) is 9.97 Å². The fourth-order valence-electron chi connectivity index (χ4n) is 2.32. The normalized spacial score (nSPS) is 15.6. The van der Waals surface area contributed by atoms with Gasteiger partial charge >= 0.3 is 0 Å². The zero-order chi connectivity index (χ0) is 11.8. The quantitative estimate of drug-likeness (QED) is 0.878. The highest BCUT2D eigenvalue weighted by Crippen LogP contribution is 2.33. The van der Waals surface area contributed by atoms with Crippen molar-refractivity contribution in [2.75, 3.05) is 5.73 Å².